The number of furan rings is 1. The van der Waals surface area contributed by atoms with E-state index in [-0.39, 0.29) is 0 Å². The Morgan fingerprint density at radius 1 is 1.33 bits per heavy atom. The fourth-order valence-electron chi connectivity index (χ4n) is 1.99. The molecule has 0 spiro atoms. The van der Waals surface area contributed by atoms with E-state index in [4.69, 9.17) is 4.42 Å². The van der Waals surface area contributed by atoms with Crippen molar-refractivity contribution < 1.29 is 4.42 Å². The van der Waals surface area contributed by atoms with Gasteiger partial charge in [0.15, 0.2) is 0 Å². The van der Waals surface area contributed by atoms with Crippen molar-refractivity contribution in [1.29, 1.82) is 0 Å². The van der Waals surface area contributed by atoms with Crippen LogP contribution in [-0.4, -0.2) is 12.6 Å². The van der Waals surface area contributed by atoms with Gasteiger partial charge in [0.25, 0.3) is 0 Å². The summed E-state index contributed by atoms with van der Waals surface area (Å²) in [6, 6.07) is 8.79. The lowest BCUT2D eigenvalue weighted by Crippen LogP contribution is -2.27. The number of hydrogen-bond donors (Lipinski definition) is 1. The van der Waals surface area contributed by atoms with Gasteiger partial charge < -0.3 is 9.73 Å². The Hall–Kier alpha value is -1.28. The van der Waals surface area contributed by atoms with Crippen LogP contribution in [0.1, 0.15) is 19.4 Å². The maximum Gasteiger partial charge on any atom is 0.134 e. The van der Waals surface area contributed by atoms with E-state index < -0.39 is 0 Å². The van der Waals surface area contributed by atoms with E-state index in [0.717, 1.165) is 18.5 Å². The molecular weight excluding hydrogens is 186 g/mol. The standard InChI is InChI=1S/C13H17NO/c1-3-14-10(2)9-11-5-4-6-13-12(11)7-8-15-13/h4-8,10,14H,3,9H2,1-2H3/t10-/m1/s1. The average molecular weight is 203 g/mol. The van der Waals surface area contributed by atoms with Gasteiger partial charge in [-0.3, -0.25) is 0 Å². The second-order valence-electron chi connectivity index (χ2n) is 3.91. The van der Waals surface area contributed by atoms with Gasteiger partial charge in [0, 0.05) is 11.4 Å². The largest absolute Gasteiger partial charge is 0.464 e. The van der Waals surface area contributed by atoms with Crippen LogP contribution in [0.5, 0.6) is 0 Å². The van der Waals surface area contributed by atoms with Gasteiger partial charge in [0.2, 0.25) is 0 Å². The molecule has 2 aromatic rings. The predicted molar refractivity (Wildman–Crippen MR) is 63.1 cm³/mol. The summed E-state index contributed by atoms with van der Waals surface area (Å²) >= 11 is 0. The molecule has 0 saturated heterocycles. The number of rotatable bonds is 4. The molecule has 0 saturated carbocycles. The lowest BCUT2D eigenvalue weighted by atomic mass is 10.0. The van der Waals surface area contributed by atoms with Gasteiger partial charge in [-0.1, -0.05) is 19.1 Å². The average Bonchev–Trinajstić information content (AvgIpc) is 2.67. The first kappa shape index (κ1) is 10.2. The highest BCUT2D eigenvalue weighted by Gasteiger charge is 2.06. The van der Waals surface area contributed by atoms with Gasteiger partial charge in [0.05, 0.1) is 6.26 Å². The second kappa shape index (κ2) is 4.49. The molecule has 1 aromatic carbocycles. The van der Waals surface area contributed by atoms with Gasteiger partial charge in [-0.05, 0) is 37.6 Å². The molecule has 1 atom stereocenters. The van der Waals surface area contributed by atoms with E-state index in [0.29, 0.717) is 6.04 Å². The highest BCUT2D eigenvalue weighted by Crippen LogP contribution is 2.20. The lowest BCUT2D eigenvalue weighted by molar-refractivity contribution is 0.566. The van der Waals surface area contributed by atoms with E-state index in [9.17, 15) is 0 Å². The van der Waals surface area contributed by atoms with E-state index >= 15 is 0 Å². The van der Waals surface area contributed by atoms with Crippen molar-refractivity contribution in [2.75, 3.05) is 6.54 Å². The zero-order valence-electron chi connectivity index (χ0n) is 9.29. The Morgan fingerprint density at radius 2 is 2.20 bits per heavy atom. The Balaban J connectivity index is 2.23. The third-order valence-electron chi connectivity index (χ3n) is 2.66. The number of benzene rings is 1. The van der Waals surface area contributed by atoms with Crippen molar-refractivity contribution in [3.8, 4) is 0 Å². The van der Waals surface area contributed by atoms with Crippen LogP contribution in [0.3, 0.4) is 0 Å². The molecule has 1 heterocycles. The molecule has 80 valence electrons. The van der Waals surface area contributed by atoms with Crippen molar-refractivity contribution in [2.24, 2.45) is 0 Å². The molecule has 15 heavy (non-hydrogen) atoms. The van der Waals surface area contributed by atoms with E-state index in [1.807, 2.05) is 12.1 Å². The van der Waals surface area contributed by atoms with Crippen LogP contribution >= 0.6 is 0 Å². The van der Waals surface area contributed by atoms with Crippen LogP contribution in [0.25, 0.3) is 11.0 Å². The molecule has 0 fully saturated rings. The first-order valence-corrected chi connectivity index (χ1v) is 5.49. The summed E-state index contributed by atoms with van der Waals surface area (Å²) in [6.07, 6.45) is 2.80. The zero-order chi connectivity index (χ0) is 10.7. The van der Waals surface area contributed by atoms with E-state index in [1.165, 1.54) is 10.9 Å². The molecule has 2 rings (SSSR count). The molecule has 0 aliphatic carbocycles. The summed E-state index contributed by atoms with van der Waals surface area (Å²) in [5, 5.41) is 4.66. The van der Waals surface area contributed by atoms with Gasteiger partial charge in [-0.2, -0.15) is 0 Å². The van der Waals surface area contributed by atoms with E-state index in [2.05, 4.69) is 31.3 Å². The normalized spacial score (nSPS) is 13.2. The van der Waals surface area contributed by atoms with Gasteiger partial charge in [-0.15, -0.1) is 0 Å². The molecule has 0 bridgehead atoms. The number of likely N-dealkylation sites (N-methyl/N-ethyl adjacent to an activating group) is 1. The first-order chi connectivity index (χ1) is 7.31. The van der Waals surface area contributed by atoms with Crippen molar-refractivity contribution >= 4 is 11.0 Å². The van der Waals surface area contributed by atoms with Crippen LogP contribution in [0, 0.1) is 0 Å². The molecule has 0 aliphatic rings. The van der Waals surface area contributed by atoms with Crippen molar-refractivity contribution in [2.45, 2.75) is 26.3 Å². The van der Waals surface area contributed by atoms with Gasteiger partial charge >= 0.3 is 0 Å². The van der Waals surface area contributed by atoms with Crippen molar-refractivity contribution in [3.05, 3.63) is 36.1 Å². The minimum absolute atomic E-state index is 0.510. The molecule has 1 N–H and O–H groups in total. The number of nitrogens with one attached hydrogen (secondary N) is 1. The summed E-state index contributed by atoms with van der Waals surface area (Å²) in [4.78, 5) is 0. The SMILES string of the molecule is CCN[C@H](C)Cc1cccc2occc12. The minimum atomic E-state index is 0.510. The van der Waals surface area contributed by atoms with Crippen LogP contribution in [0.4, 0.5) is 0 Å². The molecular formula is C13H17NO. The smallest absolute Gasteiger partial charge is 0.134 e. The molecule has 0 aliphatic heterocycles. The lowest BCUT2D eigenvalue weighted by Gasteiger charge is -2.12. The molecule has 0 unspecified atom stereocenters. The second-order valence-corrected chi connectivity index (χ2v) is 3.91. The van der Waals surface area contributed by atoms with Crippen LogP contribution in [0.2, 0.25) is 0 Å². The number of hydrogen-bond acceptors (Lipinski definition) is 2. The Kier molecular flexibility index (Phi) is 3.07. The molecule has 2 heteroatoms. The van der Waals surface area contributed by atoms with Crippen LogP contribution in [0.15, 0.2) is 34.9 Å². The van der Waals surface area contributed by atoms with E-state index in [1.54, 1.807) is 6.26 Å². The Morgan fingerprint density at radius 3 is 3.00 bits per heavy atom. The fraction of sp³-hybridized carbons (Fsp3) is 0.385. The predicted octanol–water partition coefficient (Wildman–Crippen LogP) is 2.97. The molecule has 0 amide bonds. The number of fused-ring (bicyclic) bond motifs is 1. The Labute approximate surface area is 90.3 Å². The topological polar surface area (TPSA) is 25.2 Å². The fourth-order valence-corrected chi connectivity index (χ4v) is 1.99. The summed E-state index contributed by atoms with van der Waals surface area (Å²) in [6.45, 7) is 5.36. The quantitative estimate of drug-likeness (QED) is 0.826. The van der Waals surface area contributed by atoms with Crippen molar-refractivity contribution in [1.82, 2.24) is 5.32 Å². The summed E-state index contributed by atoms with van der Waals surface area (Å²) in [7, 11) is 0. The zero-order valence-corrected chi connectivity index (χ0v) is 9.29. The summed E-state index contributed by atoms with van der Waals surface area (Å²) in [5.41, 5.74) is 2.34. The highest BCUT2D eigenvalue weighted by atomic mass is 16.3. The minimum Gasteiger partial charge on any atom is -0.464 e. The molecule has 2 nitrogen and oxygen atoms in total. The van der Waals surface area contributed by atoms with Crippen molar-refractivity contribution in [3.63, 3.8) is 0 Å². The maximum atomic E-state index is 5.38. The highest BCUT2D eigenvalue weighted by molar-refractivity contribution is 5.80. The Bertz CT molecular complexity index is 433. The van der Waals surface area contributed by atoms with Gasteiger partial charge in [-0.25, -0.2) is 0 Å². The molecule has 1 aromatic heterocycles. The summed E-state index contributed by atoms with van der Waals surface area (Å²) in [5.74, 6) is 0. The monoisotopic (exact) mass is 203 g/mol. The summed E-state index contributed by atoms with van der Waals surface area (Å²) < 4.78 is 5.38. The third-order valence-corrected chi connectivity index (χ3v) is 2.66. The first-order valence-electron chi connectivity index (χ1n) is 5.49. The van der Waals surface area contributed by atoms with Crippen LogP contribution < -0.4 is 5.32 Å². The van der Waals surface area contributed by atoms with Crippen LogP contribution in [-0.2, 0) is 6.42 Å². The maximum absolute atomic E-state index is 5.38. The third kappa shape index (κ3) is 2.21. The van der Waals surface area contributed by atoms with Gasteiger partial charge in [0.1, 0.15) is 5.58 Å². The molecule has 0 radical (unpaired) electrons.